The molecule has 26 valence electrons. The molecule has 0 aliphatic heterocycles. The quantitative estimate of drug-likeness (QED) is 0.291. The van der Waals surface area contributed by atoms with Gasteiger partial charge in [0.2, 0.25) is 0 Å². The molecule has 0 saturated heterocycles. The minimum absolute atomic E-state index is 0.551. The zero-order valence-corrected chi connectivity index (χ0v) is 2.99. The maximum Gasteiger partial charge on any atom is -0.0196 e. The summed E-state index contributed by atoms with van der Waals surface area (Å²) >= 11 is 0. The van der Waals surface area contributed by atoms with Crippen molar-refractivity contribution in [3.63, 3.8) is 0 Å². The van der Waals surface area contributed by atoms with Gasteiger partial charge in [-0.05, 0) is 18.8 Å². The first-order valence-corrected chi connectivity index (χ1v) is 1.86. The van der Waals surface area contributed by atoms with Crippen LogP contribution in [0.3, 0.4) is 0 Å². The third kappa shape index (κ3) is 0.417. The third-order valence-electron chi connectivity index (χ3n) is 0.781. The van der Waals surface area contributed by atoms with Gasteiger partial charge in [0.25, 0.3) is 0 Å². The summed E-state index contributed by atoms with van der Waals surface area (Å²) in [6.45, 7) is 0. The van der Waals surface area contributed by atoms with Gasteiger partial charge in [-0.1, -0.05) is 0 Å². The minimum atomic E-state index is 0.551. The lowest BCUT2D eigenvalue weighted by Gasteiger charge is -1.72. The van der Waals surface area contributed by atoms with E-state index in [4.69, 9.17) is 6.42 Å². The molecule has 1 aliphatic rings. The van der Waals surface area contributed by atoms with Gasteiger partial charge in [0, 0.05) is 0 Å². The molecule has 0 heterocycles. The van der Waals surface area contributed by atoms with E-state index in [-0.39, 0.29) is 0 Å². The molecule has 0 aromatic heterocycles. The molecular weight excluding hydrogens is 60.1 g/mol. The molecule has 0 aromatic rings. The summed E-state index contributed by atoms with van der Waals surface area (Å²) in [6.07, 6.45) is 8.89. The standard InChI is InChI=1S/C5H5/c1-2-5-3-4-5/h5H,3-4H2/q-1. The van der Waals surface area contributed by atoms with Crippen molar-refractivity contribution in [3.8, 4) is 5.92 Å². The Morgan fingerprint density at radius 2 is 2.20 bits per heavy atom. The van der Waals surface area contributed by atoms with Gasteiger partial charge >= 0.3 is 0 Å². The summed E-state index contributed by atoms with van der Waals surface area (Å²) in [5.74, 6) is 2.94. The Morgan fingerprint density at radius 1 is 1.60 bits per heavy atom. The molecule has 1 rings (SSSR count). The molecule has 1 saturated carbocycles. The maximum atomic E-state index is 6.47. The van der Waals surface area contributed by atoms with E-state index in [9.17, 15) is 0 Å². The molecule has 0 aromatic carbocycles. The fraction of sp³-hybridized carbons (Fsp3) is 0.600. The van der Waals surface area contributed by atoms with Gasteiger partial charge < -0.3 is 12.3 Å². The Kier molecular flexibility index (Phi) is 0.420. The Hall–Kier alpha value is -0.440. The molecule has 1 fully saturated rings. The lowest BCUT2D eigenvalue weighted by Crippen LogP contribution is -1.52. The second kappa shape index (κ2) is 0.755. The highest BCUT2D eigenvalue weighted by atomic mass is 14.2. The largest absolute Gasteiger partial charge is 0.693 e. The van der Waals surface area contributed by atoms with Crippen LogP contribution in [-0.2, 0) is 0 Å². The van der Waals surface area contributed by atoms with Crippen molar-refractivity contribution >= 4 is 0 Å². The van der Waals surface area contributed by atoms with Crippen molar-refractivity contribution in [3.05, 3.63) is 6.42 Å². The van der Waals surface area contributed by atoms with Crippen molar-refractivity contribution < 1.29 is 0 Å². The molecule has 1 aliphatic carbocycles. The number of hydrogen-bond acceptors (Lipinski definition) is 0. The van der Waals surface area contributed by atoms with E-state index in [0.29, 0.717) is 5.92 Å². The summed E-state index contributed by atoms with van der Waals surface area (Å²) in [5, 5.41) is 0. The maximum absolute atomic E-state index is 6.47. The lowest BCUT2D eigenvalue weighted by molar-refractivity contribution is 1.18. The third-order valence-corrected chi connectivity index (χ3v) is 0.781. The van der Waals surface area contributed by atoms with Crippen molar-refractivity contribution in [2.75, 3.05) is 0 Å². The van der Waals surface area contributed by atoms with Crippen LogP contribution in [0.4, 0.5) is 0 Å². The normalized spacial score (nSPS) is 21.4. The van der Waals surface area contributed by atoms with Crippen LogP contribution in [0.25, 0.3) is 0 Å². The zero-order valence-electron chi connectivity index (χ0n) is 2.99. The predicted octanol–water partition coefficient (Wildman–Crippen LogP) is 0.986. The van der Waals surface area contributed by atoms with Crippen LogP contribution in [0, 0.1) is 18.3 Å². The van der Waals surface area contributed by atoms with E-state index >= 15 is 0 Å². The molecule has 0 amide bonds. The van der Waals surface area contributed by atoms with Gasteiger partial charge in [-0.2, -0.15) is 0 Å². The van der Waals surface area contributed by atoms with Crippen LogP contribution < -0.4 is 0 Å². The fourth-order valence-electron chi connectivity index (χ4n) is 0.228. The molecule has 0 unspecified atom stereocenters. The second-order valence-corrected chi connectivity index (χ2v) is 1.42. The molecule has 0 heteroatoms. The summed E-state index contributed by atoms with van der Waals surface area (Å²) in [4.78, 5) is 0. The SMILES string of the molecule is [C-]#CC1CC1. The highest BCUT2D eigenvalue weighted by Gasteiger charge is 2.12. The van der Waals surface area contributed by atoms with Crippen LogP contribution in [-0.4, -0.2) is 0 Å². The van der Waals surface area contributed by atoms with Crippen LogP contribution in [0.15, 0.2) is 0 Å². The van der Waals surface area contributed by atoms with Gasteiger partial charge in [-0.25, -0.2) is 0 Å². The van der Waals surface area contributed by atoms with Crippen molar-refractivity contribution in [2.45, 2.75) is 12.8 Å². The molecule has 0 N–H and O–H groups in total. The first kappa shape index (κ1) is 2.78. The van der Waals surface area contributed by atoms with Crippen LogP contribution in [0.5, 0.6) is 0 Å². The Morgan fingerprint density at radius 3 is 2.20 bits per heavy atom. The highest BCUT2D eigenvalue weighted by Crippen LogP contribution is 2.26. The van der Waals surface area contributed by atoms with Crippen molar-refractivity contribution in [1.29, 1.82) is 0 Å². The van der Waals surface area contributed by atoms with E-state index in [1.54, 1.807) is 0 Å². The molecule has 0 atom stereocenters. The van der Waals surface area contributed by atoms with Gasteiger partial charge in [0.15, 0.2) is 0 Å². The predicted molar refractivity (Wildman–Crippen MR) is 19.9 cm³/mol. The Balaban J connectivity index is 2.30. The minimum Gasteiger partial charge on any atom is -0.693 e. The summed E-state index contributed by atoms with van der Waals surface area (Å²) in [7, 11) is 0. The van der Waals surface area contributed by atoms with Crippen molar-refractivity contribution in [2.24, 2.45) is 5.92 Å². The average molecular weight is 65.1 g/mol. The Bertz CT molecular complexity index is 62.6. The Labute approximate surface area is 32.2 Å². The topological polar surface area (TPSA) is 0 Å². The zero-order chi connectivity index (χ0) is 3.70. The van der Waals surface area contributed by atoms with E-state index in [0.717, 1.165) is 0 Å². The van der Waals surface area contributed by atoms with E-state index in [1.165, 1.54) is 12.8 Å². The van der Waals surface area contributed by atoms with Crippen LogP contribution in [0.1, 0.15) is 12.8 Å². The summed E-state index contributed by atoms with van der Waals surface area (Å²) < 4.78 is 0. The van der Waals surface area contributed by atoms with E-state index in [2.05, 4.69) is 5.92 Å². The summed E-state index contributed by atoms with van der Waals surface area (Å²) in [6, 6.07) is 0. The molecule has 0 nitrogen and oxygen atoms in total. The van der Waals surface area contributed by atoms with Gasteiger partial charge in [0.1, 0.15) is 0 Å². The number of hydrogen-bond donors (Lipinski definition) is 0. The molecular formula is C5H5-. The molecule has 0 bridgehead atoms. The van der Waals surface area contributed by atoms with Crippen LogP contribution >= 0.6 is 0 Å². The smallest absolute Gasteiger partial charge is 0.0196 e. The van der Waals surface area contributed by atoms with Crippen molar-refractivity contribution in [1.82, 2.24) is 0 Å². The first-order chi connectivity index (χ1) is 2.43. The summed E-state index contributed by atoms with van der Waals surface area (Å²) in [5.41, 5.74) is 0. The monoisotopic (exact) mass is 65.0 g/mol. The highest BCUT2D eigenvalue weighted by molar-refractivity contribution is 4.96. The fourth-order valence-corrected chi connectivity index (χ4v) is 0.228. The lowest BCUT2D eigenvalue weighted by atomic mass is 10.5. The second-order valence-electron chi connectivity index (χ2n) is 1.42. The molecule has 5 heavy (non-hydrogen) atoms. The number of rotatable bonds is 0. The van der Waals surface area contributed by atoms with Gasteiger partial charge in [-0.15, -0.1) is 0 Å². The average Bonchev–Trinajstić information content (AvgIpc) is 2.12. The first-order valence-electron chi connectivity index (χ1n) is 1.86. The molecule has 0 radical (unpaired) electrons. The molecule has 0 spiro atoms. The van der Waals surface area contributed by atoms with Gasteiger partial charge in [0.05, 0.1) is 0 Å². The van der Waals surface area contributed by atoms with Crippen LogP contribution in [0.2, 0.25) is 0 Å². The van der Waals surface area contributed by atoms with E-state index < -0.39 is 0 Å². The van der Waals surface area contributed by atoms with Gasteiger partial charge in [-0.3, -0.25) is 0 Å². The van der Waals surface area contributed by atoms with E-state index in [1.807, 2.05) is 0 Å².